The van der Waals surface area contributed by atoms with E-state index in [4.69, 9.17) is 10.5 Å². The first kappa shape index (κ1) is 17.0. The molecule has 0 fully saturated rings. The van der Waals surface area contributed by atoms with Gasteiger partial charge in [0.1, 0.15) is 12.4 Å². The number of benzene rings is 1. The van der Waals surface area contributed by atoms with Crippen molar-refractivity contribution in [2.75, 3.05) is 13.2 Å². The van der Waals surface area contributed by atoms with Crippen LogP contribution in [0.3, 0.4) is 0 Å². The third-order valence-electron chi connectivity index (χ3n) is 4.63. The van der Waals surface area contributed by atoms with Crippen LogP contribution in [0.2, 0.25) is 0 Å². The zero-order valence-corrected chi connectivity index (χ0v) is 14.0. The Hall–Kier alpha value is -1.02. The zero-order chi connectivity index (χ0) is 15.4. The Bertz CT molecular complexity index is 435. The Morgan fingerprint density at radius 1 is 1.00 bits per heavy atom. The van der Waals surface area contributed by atoms with Crippen molar-refractivity contribution in [3.63, 3.8) is 0 Å². The van der Waals surface area contributed by atoms with E-state index in [1.807, 2.05) is 0 Å². The average Bonchev–Trinajstić information content (AvgIpc) is 2.44. The maximum absolute atomic E-state index is 5.85. The fraction of sp³-hybridized carbons (Fsp3) is 0.667. The third-order valence-corrected chi connectivity index (χ3v) is 4.63. The van der Waals surface area contributed by atoms with E-state index in [0.717, 1.165) is 18.6 Å². The minimum atomic E-state index is 0.115. The van der Waals surface area contributed by atoms with Crippen LogP contribution in [0.25, 0.3) is 0 Å². The van der Waals surface area contributed by atoms with Crippen LogP contribution in [0.1, 0.15) is 65.5 Å². The molecule has 2 heteroatoms. The monoisotopic (exact) mass is 277 g/mol. The van der Waals surface area contributed by atoms with Gasteiger partial charge in [0.2, 0.25) is 0 Å². The standard InChI is InChI=1S/C18H31NO/c1-7-17(3,4)14-9-10-16(20-12-11-19)15(13-14)18(5,6)8-2/h9-10,13H,7-8,11-12,19H2,1-6H3. The molecule has 0 aliphatic heterocycles. The van der Waals surface area contributed by atoms with E-state index < -0.39 is 0 Å². The van der Waals surface area contributed by atoms with Crippen LogP contribution in [0.4, 0.5) is 0 Å². The van der Waals surface area contributed by atoms with E-state index in [2.05, 4.69) is 59.7 Å². The summed E-state index contributed by atoms with van der Waals surface area (Å²) < 4.78 is 5.85. The van der Waals surface area contributed by atoms with Gasteiger partial charge in [-0.3, -0.25) is 0 Å². The summed E-state index contributed by atoms with van der Waals surface area (Å²) in [5.41, 5.74) is 8.56. The van der Waals surface area contributed by atoms with Crippen molar-refractivity contribution in [2.45, 2.75) is 65.2 Å². The molecule has 0 aromatic heterocycles. The second kappa shape index (κ2) is 6.62. The molecule has 0 aliphatic rings. The second-order valence-corrected chi connectivity index (χ2v) is 6.82. The Kier molecular flexibility index (Phi) is 5.64. The first-order valence-corrected chi connectivity index (χ1v) is 7.76. The SMILES string of the molecule is CCC(C)(C)c1ccc(OCCN)c(C(C)(C)CC)c1. The fourth-order valence-corrected chi connectivity index (χ4v) is 2.17. The highest BCUT2D eigenvalue weighted by molar-refractivity contribution is 5.44. The third kappa shape index (κ3) is 3.76. The van der Waals surface area contributed by atoms with Crippen molar-refractivity contribution in [1.82, 2.24) is 0 Å². The number of rotatable bonds is 7. The van der Waals surface area contributed by atoms with Crippen LogP contribution in [-0.2, 0) is 10.8 Å². The summed E-state index contributed by atoms with van der Waals surface area (Å²) in [6.45, 7) is 14.7. The van der Waals surface area contributed by atoms with Gasteiger partial charge in [-0.25, -0.2) is 0 Å². The maximum Gasteiger partial charge on any atom is 0.123 e. The molecule has 0 unspecified atom stereocenters. The predicted octanol–water partition coefficient (Wildman–Crippen LogP) is 4.40. The highest BCUT2D eigenvalue weighted by Gasteiger charge is 2.26. The topological polar surface area (TPSA) is 35.2 Å². The summed E-state index contributed by atoms with van der Waals surface area (Å²) in [7, 11) is 0. The molecule has 0 bridgehead atoms. The molecular formula is C18H31NO. The Balaban J connectivity index is 3.29. The van der Waals surface area contributed by atoms with Crippen molar-refractivity contribution < 1.29 is 4.74 Å². The van der Waals surface area contributed by atoms with Gasteiger partial charge in [-0.15, -0.1) is 0 Å². The van der Waals surface area contributed by atoms with Gasteiger partial charge in [0.25, 0.3) is 0 Å². The van der Waals surface area contributed by atoms with E-state index in [1.165, 1.54) is 11.1 Å². The molecule has 1 rings (SSSR count). The predicted molar refractivity (Wildman–Crippen MR) is 87.6 cm³/mol. The molecule has 20 heavy (non-hydrogen) atoms. The van der Waals surface area contributed by atoms with Crippen LogP contribution in [0.5, 0.6) is 5.75 Å². The van der Waals surface area contributed by atoms with E-state index in [1.54, 1.807) is 0 Å². The second-order valence-electron chi connectivity index (χ2n) is 6.82. The summed E-state index contributed by atoms with van der Waals surface area (Å²) in [5, 5.41) is 0. The Morgan fingerprint density at radius 2 is 1.60 bits per heavy atom. The van der Waals surface area contributed by atoms with E-state index in [0.29, 0.717) is 13.2 Å². The highest BCUT2D eigenvalue weighted by Crippen LogP contribution is 2.38. The van der Waals surface area contributed by atoms with Gasteiger partial charge in [-0.2, -0.15) is 0 Å². The zero-order valence-electron chi connectivity index (χ0n) is 14.0. The van der Waals surface area contributed by atoms with Crippen molar-refractivity contribution in [3.05, 3.63) is 29.3 Å². The van der Waals surface area contributed by atoms with Gasteiger partial charge in [0.05, 0.1) is 0 Å². The molecule has 2 N–H and O–H groups in total. The van der Waals surface area contributed by atoms with Crippen LogP contribution in [0.15, 0.2) is 18.2 Å². The van der Waals surface area contributed by atoms with Gasteiger partial charge < -0.3 is 10.5 Å². The largest absolute Gasteiger partial charge is 0.492 e. The molecule has 0 aliphatic carbocycles. The van der Waals surface area contributed by atoms with Crippen molar-refractivity contribution in [2.24, 2.45) is 5.73 Å². The average molecular weight is 277 g/mol. The van der Waals surface area contributed by atoms with Crippen LogP contribution in [0, 0.1) is 0 Å². The van der Waals surface area contributed by atoms with Gasteiger partial charge in [0.15, 0.2) is 0 Å². The summed E-state index contributed by atoms with van der Waals surface area (Å²) >= 11 is 0. The molecule has 1 aromatic rings. The van der Waals surface area contributed by atoms with Crippen LogP contribution in [-0.4, -0.2) is 13.2 Å². The Labute approximate surface area is 124 Å². The number of hydrogen-bond acceptors (Lipinski definition) is 2. The summed E-state index contributed by atoms with van der Waals surface area (Å²) in [6.07, 6.45) is 2.21. The Morgan fingerprint density at radius 3 is 2.10 bits per heavy atom. The lowest BCUT2D eigenvalue weighted by molar-refractivity contribution is 0.315. The molecule has 1 aromatic carbocycles. The molecule has 0 heterocycles. The number of hydrogen-bond donors (Lipinski definition) is 1. The summed E-state index contributed by atoms with van der Waals surface area (Å²) in [5.74, 6) is 0.984. The summed E-state index contributed by atoms with van der Waals surface area (Å²) in [4.78, 5) is 0. The first-order chi connectivity index (χ1) is 9.28. The van der Waals surface area contributed by atoms with Crippen molar-refractivity contribution >= 4 is 0 Å². The lowest BCUT2D eigenvalue weighted by Crippen LogP contribution is -2.22. The molecule has 2 nitrogen and oxygen atoms in total. The lowest BCUT2D eigenvalue weighted by Gasteiger charge is -2.30. The summed E-state index contributed by atoms with van der Waals surface area (Å²) in [6, 6.07) is 6.65. The highest BCUT2D eigenvalue weighted by atomic mass is 16.5. The van der Waals surface area contributed by atoms with Crippen LogP contribution < -0.4 is 10.5 Å². The molecule has 0 atom stereocenters. The van der Waals surface area contributed by atoms with Gasteiger partial charge in [-0.05, 0) is 35.3 Å². The van der Waals surface area contributed by atoms with E-state index in [9.17, 15) is 0 Å². The molecule has 0 amide bonds. The minimum Gasteiger partial charge on any atom is -0.492 e. The molecule has 0 radical (unpaired) electrons. The van der Waals surface area contributed by atoms with Crippen molar-refractivity contribution in [3.8, 4) is 5.75 Å². The molecular weight excluding hydrogens is 246 g/mol. The number of ether oxygens (including phenoxy) is 1. The van der Waals surface area contributed by atoms with Gasteiger partial charge >= 0.3 is 0 Å². The van der Waals surface area contributed by atoms with E-state index in [-0.39, 0.29) is 10.8 Å². The lowest BCUT2D eigenvalue weighted by atomic mass is 9.76. The first-order valence-electron chi connectivity index (χ1n) is 7.76. The quantitative estimate of drug-likeness (QED) is 0.801. The maximum atomic E-state index is 5.85. The normalized spacial score (nSPS) is 12.6. The smallest absolute Gasteiger partial charge is 0.123 e. The van der Waals surface area contributed by atoms with Crippen molar-refractivity contribution in [1.29, 1.82) is 0 Å². The molecule has 0 saturated heterocycles. The fourth-order valence-electron chi connectivity index (χ4n) is 2.17. The molecule has 114 valence electrons. The van der Waals surface area contributed by atoms with Crippen LogP contribution >= 0.6 is 0 Å². The molecule has 0 spiro atoms. The van der Waals surface area contributed by atoms with E-state index >= 15 is 0 Å². The minimum absolute atomic E-state index is 0.115. The van der Waals surface area contributed by atoms with Gasteiger partial charge in [0, 0.05) is 12.1 Å². The molecule has 0 saturated carbocycles. The van der Waals surface area contributed by atoms with Gasteiger partial charge in [-0.1, -0.05) is 53.7 Å². The number of nitrogens with two attached hydrogens (primary N) is 1.